The van der Waals surface area contributed by atoms with E-state index < -0.39 is 23.8 Å². The molecule has 0 bridgehead atoms. The fraction of sp³-hybridized carbons (Fsp3) is 0.469. The molecule has 0 radical (unpaired) electrons. The van der Waals surface area contributed by atoms with Crippen LogP contribution in [0.1, 0.15) is 92.3 Å². The van der Waals surface area contributed by atoms with E-state index in [1.165, 1.54) is 18.3 Å². The van der Waals surface area contributed by atoms with Gasteiger partial charge >= 0.3 is 0 Å². The van der Waals surface area contributed by atoms with E-state index in [2.05, 4.69) is 55.7 Å². The Kier molecular flexibility index (Phi) is 7.26. The highest BCUT2D eigenvalue weighted by Crippen LogP contribution is 2.39. The van der Waals surface area contributed by atoms with Crippen molar-refractivity contribution >= 4 is 35.5 Å². The van der Waals surface area contributed by atoms with Crippen molar-refractivity contribution in [3.63, 3.8) is 0 Å². The zero-order chi connectivity index (χ0) is 29.7. The summed E-state index contributed by atoms with van der Waals surface area (Å²) in [5, 5.41) is 6.32. The molecular weight excluding hydrogens is 518 g/mol. The van der Waals surface area contributed by atoms with Crippen LogP contribution in [0.5, 0.6) is 0 Å². The van der Waals surface area contributed by atoms with Gasteiger partial charge in [-0.2, -0.15) is 0 Å². The Morgan fingerprint density at radius 3 is 2.46 bits per heavy atom. The van der Waals surface area contributed by atoms with Gasteiger partial charge in [0.1, 0.15) is 29.5 Å². The van der Waals surface area contributed by atoms with Crippen molar-refractivity contribution in [1.82, 2.24) is 19.6 Å². The zero-order valence-electron chi connectivity index (χ0n) is 24.8. The van der Waals surface area contributed by atoms with Crippen LogP contribution in [0.3, 0.4) is 0 Å². The minimum Gasteiger partial charge on any atom is -0.364 e. The van der Waals surface area contributed by atoms with Crippen molar-refractivity contribution in [2.24, 2.45) is 5.41 Å². The first-order chi connectivity index (χ1) is 19.3. The molecule has 0 fully saturated rings. The second-order valence-corrected chi connectivity index (χ2v) is 13.0. The Morgan fingerprint density at radius 2 is 1.78 bits per heavy atom. The summed E-state index contributed by atoms with van der Waals surface area (Å²) in [7, 11) is 1.45. The van der Waals surface area contributed by atoms with E-state index in [4.69, 9.17) is 4.98 Å². The maximum absolute atomic E-state index is 13.6. The number of imide groups is 1. The molecule has 1 aliphatic carbocycles. The zero-order valence-corrected chi connectivity index (χ0v) is 24.8. The molecule has 1 unspecified atom stereocenters. The van der Waals surface area contributed by atoms with Crippen LogP contribution in [0.2, 0.25) is 0 Å². The highest BCUT2D eigenvalue weighted by Gasteiger charge is 2.43. The maximum Gasteiger partial charge on any atom is 0.262 e. The number of aryl methyl sites for hydroxylation is 2. The molecule has 0 spiro atoms. The molecule has 9 nitrogen and oxygen atoms in total. The molecule has 9 heteroatoms. The van der Waals surface area contributed by atoms with Gasteiger partial charge in [0.05, 0.1) is 11.1 Å². The standard InChI is InChI=1S/C32H39N5O4/c1-31(2,3)18-32(4,5)35-27-26(34-25-15-13-19-9-7-10-23(19)36(25)27)20-12-14-21-22(17-20)30(41)37(29(21)40)24(11-8-16-38)28(39)33-6/h12-17,24,35H,7-11,18H2,1-6H3,(H,33,39). The van der Waals surface area contributed by atoms with Crippen molar-refractivity contribution in [3.05, 3.63) is 52.7 Å². The molecule has 3 aromatic rings. The molecule has 41 heavy (non-hydrogen) atoms. The fourth-order valence-electron chi connectivity index (χ4n) is 6.65. The summed E-state index contributed by atoms with van der Waals surface area (Å²) in [6.07, 6.45) is 4.81. The minimum atomic E-state index is -1.06. The number of rotatable bonds is 9. The second-order valence-electron chi connectivity index (χ2n) is 13.0. The quantitative estimate of drug-likeness (QED) is 0.289. The maximum atomic E-state index is 13.6. The van der Waals surface area contributed by atoms with Crippen molar-refractivity contribution in [2.45, 2.75) is 84.7 Å². The summed E-state index contributed by atoms with van der Waals surface area (Å²) in [5.41, 5.74) is 5.11. The molecule has 1 aromatic carbocycles. The third kappa shape index (κ3) is 5.25. The summed E-state index contributed by atoms with van der Waals surface area (Å²) in [6, 6.07) is 8.30. The summed E-state index contributed by atoms with van der Waals surface area (Å²) >= 11 is 0. The van der Waals surface area contributed by atoms with Crippen LogP contribution >= 0.6 is 0 Å². The van der Waals surface area contributed by atoms with Crippen LogP contribution in [0, 0.1) is 5.41 Å². The smallest absolute Gasteiger partial charge is 0.262 e. The monoisotopic (exact) mass is 557 g/mol. The van der Waals surface area contributed by atoms with Crippen LogP contribution in [0.15, 0.2) is 30.3 Å². The number of pyridine rings is 1. The third-order valence-electron chi connectivity index (χ3n) is 7.88. The molecule has 0 saturated heterocycles. The minimum absolute atomic E-state index is 0.0572. The van der Waals surface area contributed by atoms with E-state index >= 15 is 0 Å². The summed E-state index contributed by atoms with van der Waals surface area (Å²) < 4.78 is 2.22. The molecular formula is C32H39N5O4. The third-order valence-corrected chi connectivity index (χ3v) is 7.88. The van der Waals surface area contributed by atoms with E-state index in [9.17, 15) is 19.2 Å². The van der Waals surface area contributed by atoms with Crippen LogP contribution in [0.25, 0.3) is 16.9 Å². The normalized spacial score (nSPS) is 15.7. The van der Waals surface area contributed by atoms with Crippen LogP contribution in [0.4, 0.5) is 5.82 Å². The number of fused-ring (bicyclic) bond motifs is 4. The van der Waals surface area contributed by atoms with Gasteiger partial charge in [0.25, 0.3) is 11.8 Å². The number of nitrogens with one attached hydrogen (secondary N) is 2. The van der Waals surface area contributed by atoms with Crippen molar-refractivity contribution in [1.29, 1.82) is 0 Å². The average Bonchev–Trinajstić information content (AvgIpc) is 3.58. The van der Waals surface area contributed by atoms with Crippen LogP contribution in [-0.2, 0) is 22.4 Å². The van der Waals surface area contributed by atoms with Gasteiger partial charge in [-0.3, -0.25) is 23.7 Å². The van der Waals surface area contributed by atoms with Gasteiger partial charge in [0, 0.05) is 30.3 Å². The van der Waals surface area contributed by atoms with E-state index in [1.807, 2.05) is 12.1 Å². The number of benzene rings is 1. The predicted octanol–water partition coefficient (Wildman–Crippen LogP) is 4.81. The second kappa shape index (κ2) is 10.4. The largest absolute Gasteiger partial charge is 0.364 e. The molecule has 3 heterocycles. The first-order valence-corrected chi connectivity index (χ1v) is 14.3. The number of aromatic nitrogens is 2. The highest BCUT2D eigenvalue weighted by atomic mass is 16.2. The predicted molar refractivity (Wildman–Crippen MR) is 158 cm³/mol. The van der Waals surface area contributed by atoms with Gasteiger partial charge in [0.15, 0.2) is 0 Å². The Hall–Kier alpha value is -4.01. The van der Waals surface area contributed by atoms with Crippen LogP contribution < -0.4 is 10.6 Å². The lowest BCUT2D eigenvalue weighted by molar-refractivity contribution is -0.124. The Balaban J connectivity index is 1.61. The van der Waals surface area contributed by atoms with E-state index in [0.29, 0.717) is 17.5 Å². The number of hydrogen-bond donors (Lipinski definition) is 2. The highest BCUT2D eigenvalue weighted by molar-refractivity contribution is 6.23. The van der Waals surface area contributed by atoms with Gasteiger partial charge < -0.3 is 15.4 Å². The lowest BCUT2D eigenvalue weighted by Crippen LogP contribution is -2.48. The van der Waals surface area contributed by atoms with E-state index in [1.54, 1.807) is 12.1 Å². The Bertz CT molecular complexity index is 1560. The fourth-order valence-corrected chi connectivity index (χ4v) is 6.65. The number of aldehydes is 1. The van der Waals surface area contributed by atoms with Gasteiger partial charge in [-0.05, 0) is 75.1 Å². The molecule has 1 aliphatic heterocycles. The molecule has 2 aromatic heterocycles. The number of carbonyl (C=O) groups excluding carboxylic acids is 4. The van der Waals surface area contributed by atoms with E-state index in [0.717, 1.165) is 42.0 Å². The summed E-state index contributed by atoms with van der Waals surface area (Å²) in [4.78, 5) is 56.6. The molecule has 3 amide bonds. The molecule has 2 aliphatic rings. The number of anilines is 1. The number of likely N-dealkylation sites (N-methyl/N-ethyl adjacent to an activating group) is 1. The first-order valence-electron chi connectivity index (χ1n) is 14.3. The Morgan fingerprint density at radius 1 is 1.05 bits per heavy atom. The number of nitrogens with zero attached hydrogens (tertiary/aromatic N) is 3. The number of amides is 3. The first kappa shape index (κ1) is 28.5. The van der Waals surface area contributed by atoms with Gasteiger partial charge in [-0.25, -0.2) is 4.98 Å². The van der Waals surface area contributed by atoms with Gasteiger partial charge in [0.2, 0.25) is 5.91 Å². The lowest BCUT2D eigenvalue weighted by atomic mass is 9.82. The average molecular weight is 558 g/mol. The summed E-state index contributed by atoms with van der Waals surface area (Å²) in [6.45, 7) is 11.0. The van der Waals surface area contributed by atoms with Crippen LogP contribution in [-0.4, -0.2) is 56.9 Å². The number of imidazole rings is 1. The number of hydrogen-bond acceptors (Lipinski definition) is 6. The lowest BCUT2D eigenvalue weighted by Gasteiger charge is -2.34. The van der Waals surface area contributed by atoms with Crippen molar-refractivity contribution in [3.8, 4) is 11.3 Å². The van der Waals surface area contributed by atoms with Crippen molar-refractivity contribution < 1.29 is 19.2 Å². The molecule has 5 rings (SSSR count). The molecule has 2 N–H and O–H groups in total. The molecule has 1 atom stereocenters. The molecule has 0 saturated carbocycles. The summed E-state index contributed by atoms with van der Waals surface area (Å²) in [5.74, 6) is -0.689. The van der Waals surface area contributed by atoms with Gasteiger partial charge in [-0.1, -0.05) is 32.9 Å². The topological polar surface area (TPSA) is 113 Å². The SMILES string of the molecule is CNC(=O)C(CCC=O)N1C(=O)c2ccc(-c3nc4ccc5c(n4c3NC(C)(C)CC(C)(C)C)CCC5)cc2C1=O. The Labute approximate surface area is 240 Å². The number of carbonyl (C=O) groups is 4. The molecule has 216 valence electrons. The van der Waals surface area contributed by atoms with Crippen molar-refractivity contribution in [2.75, 3.05) is 12.4 Å². The van der Waals surface area contributed by atoms with E-state index in [-0.39, 0.29) is 34.9 Å². The van der Waals surface area contributed by atoms with Gasteiger partial charge in [-0.15, -0.1) is 0 Å².